The number of hydrogen-bond acceptors (Lipinski definition) is 3. The third kappa shape index (κ3) is 3.48. The van der Waals surface area contributed by atoms with Crippen LogP contribution in [-0.4, -0.2) is 37.2 Å². The van der Waals surface area contributed by atoms with Gasteiger partial charge in [-0.25, -0.2) is 0 Å². The summed E-state index contributed by atoms with van der Waals surface area (Å²) in [5, 5.41) is 4.86. The third-order valence-corrected chi connectivity index (χ3v) is 5.13. The number of nitrogens with zero attached hydrogens (tertiary/aromatic N) is 1. The Morgan fingerprint density at radius 2 is 1.90 bits per heavy atom. The zero-order chi connectivity index (χ0) is 14.8. The molecule has 3 fully saturated rings. The lowest BCUT2D eigenvalue weighted by atomic mass is 9.84. The number of fused-ring (bicyclic) bond motifs is 3. The fraction of sp³-hybridized carbons (Fsp3) is 0.625. The molecule has 0 radical (unpaired) electrons. The lowest BCUT2D eigenvalue weighted by molar-refractivity contribution is 0.0720. The van der Waals surface area contributed by atoms with Crippen molar-refractivity contribution >= 4 is 23.2 Å². The minimum atomic E-state index is 0.566. The van der Waals surface area contributed by atoms with Crippen molar-refractivity contribution in [1.29, 1.82) is 0 Å². The lowest BCUT2D eigenvalue weighted by Crippen LogP contribution is -2.55. The average molecular weight is 329 g/mol. The third-order valence-electron chi connectivity index (χ3n) is 4.57. The van der Waals surface area contributed by atoms with E-state index in [0.717, 1.165) is 18.0 Å². The van der Waals surface area contributed by atoms with Crippen molar-refractivity contribution in [2.45, 2.75) is 32.4 Å². The topological polar surface area (TPSA) is 24.5 Å². The van der Waals surface area contributed by atoms with E-state index < -0.39 is 0 Å². The summed E-state index contributed by atoms with van der Waals surface area (Å²) in [6.07, 6.45) is 2.64. The van der Waals surface area contributed by atoms with Gasteiger partial charge < -0.3 is 15.0 Å². The molecule has 1 aromatic rings. The predicted octanol–water partition coefficient (Wildman–Crippen LogP) is 3.58. The fourth-order valence-electron chi connectivity index (χ4n) is 3.44. The highest BCUT2D eigenvalue weighted by Gasteiger charge is 2.33. The van der Waals surface area contributed by atoms with Gasteiger partial charge >= 0.3 is 0 Å². The van der Waals surface area contributed by atoms with Crippen molar-refractivity contribution in [1.82, 2.24) is 10.2 Å². The van der Waals surface area contributed by atoms with Crippen LogP contribution in [0.15, 0.2) is 12.1 Å². The van der Waals surface area contributed by atoms with Crippen LogP contribution in [0, 0.1) is 5.92 Å². The van der Waals surface area contributed by atoms with Gasteiger partial charge in [0.1, 0.15) is 0 Å². The van der Waals surface area contributed by atoms with Gasteiger partial charge in [0.2, 0.25) is 0 Å². The Kier molecular flexibility index (Phi) is 4.95. The van der Waals surface area contributed by atoms with Gasteiger partial charge in [-0.3, -0.25) is 0 Å². The molecule has 1 aromatic carbocycles. The van der Waals surface area contributed by atoms with Crippen LogP contribution >= 0.6 is 23.2 Å². The molecule has 1 unspecified atom stereocenters. The lowest BCUT2D eigenvalue weighted by Gasteiger charge is -2.45. The average Bonchev–Trinajstić information content (AvgIpc) is 2.50. The van der Waals surface area contributed by atoms with Crippen molar-refractivity contribution in [3.05, 3.63) is 27.7 Å². The Bertz CT molecular complexity index is 478. The first kappa shape index (κ1) is 15.4. The normalized spacial score (nSPS) is 27.9. The zero-order valence-corrected chi connectivity index (χ0v) is 13.9. The maximum atomic E-state index is 6.25. The molecule has 0 aromatic heterocycles. The van der Waals surface area contributed by atoms with Crippen LogP contribution < -0.4 is 10.1 Å². The summed E-state index contributed by atoms with van der Waals surface area (Å²) < 4.78 is 5.47. The first-order valence-corrected chi connectivity index (χ1v) is 8.49. The van der Waals surface area contributed by atoms with E-state index in [0.29, 0.717) is 28.4 Å². The molecule has 4 rings (SSSR count). The summed E-state index contributed by atoms with van der Waals surface area (Å²) in [4.78, 5) is 2.55. The van der Waals surface area contributed by atoms with Gasteiger partial charge in [-0.15, -0.1) is 0 Å². The van der Waals surface area contributed by atoms with E-state index in [1.54, 1.807) is 0 Å². The first-order valence-electron chi connectivity index (χ1n) is 7.74. The number of nitrogens with one attached hydrogen (secondary N) is 1. The highest BCUT2D eigenvalue weighted by atomic mass is 35.5. The Hall–Kier alpha value is -0.480. The first-order chi connectivity index (χ1) is 10.2. The molecule has 5 heteroatoms. The fourth-order valence-corrected chi connectivity index (χ4v) is 4.08. The van der Waals surface area contributed by atoms with Crippen molar-refractivity contribution in [3.63, 3.8) is 0 Å². The van der Waals surface area contributed by atoms with Crippen LogP contribution in [-0.2, 0) is 6.54 Å². The molecule has 2 bridgehead atoms. The number of ether oxygens (including phenoxy) is 1. The van der Waals surface area contributed by atoms with E-state index in [1.165, 1.54) is 32.5 Å². The number of halogens is 2. The number of benzene rings is 1. The molecular formula is C16H22Cl2N2O. The molecule has 21 heavy (non-hydrogen) atoms. The summed E-state index contributed by atoms with van der Waals surface area (Å²) in [5.41, 5.74) is 1.12. The second-order valence-electron chi connectivity index (χ2n) is 5.95. The minimum Gasteiger partial charge on any atom is -0.491 e. The van der Waals surface area contributed by atoms with Crippen LogP contribution in [0.25, 0.3) is 0 Å². The number of rotatable bonds is 5. The van der Waals surface area contributed by atoms with Crippen LogP contribution in [0.1, 0.15) is 25.3 Å². The monoisotopic (exact) mass is 328 g/mol. The van der Waals surface area contributed by atoms with Crippen molar-refractivity contribution in [3.8, 4) is 5.75 Å². The van der Waals surface area contributed by atoms with Crippen molar-refractivity contribution < 1.29 is 4.74 Å². The second kappa shape index (κ2) is 6.74. The Morgan fingerprint density at radius 1 is 1.24 bits per heavy atom. The molecule has 0 aliphatic carbocycles. The van der Waals surface area contributed by atoms with E-state index in [-0.39, 0.29) is 0 Å². The highest BCUT2D eigenvalue weighted by Crippen LogP contribution is 2.34. The van der Waals surface area contributed by atoms with Crippen molar-refractivity contribution in [2.75, 3.05) is 26.2 Å². The van der Waals surface area contributed by atoms with Gasteiger partial charge in [-0.2, -0.15) is 0 Å². The predicted molar refractivity (Wildman–Crippen MR) is 87.4 cm³/mol. The van der Waals surface area contributed by atoms with Gasteiger partial charge in [0.25, 0.3) is 0 Å². The van der Waals surface area contributed by atoms with Gasteiger partial charge in [0.15, 0.2) is 5.75 Å². The molecule has 3 aliphatic heterocycles. The maximum absolute atomic E-state index is 6.25. The number of hydrogen-bond donors (Lipinski definition) is 1. The molecule has 3 saturated heterocycles. The molecule has 3 nitrogen and oxygen atoms in total. The van der Waals surface area contributed by atoms with Gasteiger partial charge in [0.05, 0.1) is 16.7 Å². The van der Waals surface area contributed by atoms with Crippen LogP contribution in [0.5, 0.6) is 5.75 Å². The summed E-state index contributed by atoms with van der Waals surface area (Å²) in [6, 6.07) is 4.50. The Morgan fingerprint density at radius 3 is 2.43 bits per heavy atom. The standard InChI is InChI=1S/C16H22Cl2N2O/c1-2-21-16-13(17)7-11(8-14(16)18)9-19-15-10-20-5-3-12(15)4-6-20/h7-8,12,15,19H,2-6,9-10H2,1H3. The molecule has 116 valence electrons. The van der Waals surface area contributed by atoms with E-state index in [1.807, 2.05) is 19.1 Å². The second-order valence-corrected chi connectivity index (χ2v) is 6.76. The Labute approximate surface area is 136 Å². The van der Waals surface area contributed by atoms with Gasteiger partial charge in [-0.05, 0) is 56.5 Å². The Balaban J connectivity index is 1.63. The SMILES string of the molecule is CCOc1c(Cl)cc(CNC2CN3CCC2CC3)cc1Cl. The molecule has 0 saturated carbocycles. The summed E-state index contributed by atoms with van der Waals surface area (Å²) in [5.74, 6) is 1.41. The van der Waals surface area contributed by atoms with E-state index in [4.69, 9.17) is 27.9 Å². The zero-order valence-electron chi connectivity index (χ0n) is 12.4. The van der Waals surface area contributed by atoms with Gasteiger partial charge in [0, 0.05) is 19.1 Å². The molecule has 1 N–H and O–H groups in total. The molecular weight excluding hydrogens is 307 g/mol. The van der Waals surface area contributed by atoms with Crippen LogP contribution in [0.4, 0.5) is 0 Å². The summed E-state index contributed by atoms with van der Waals surface area (Å²) in [6.45, 7) is 7.00. The van der Waals surface area contributed by atoms with E-state index >= 15 is 0 Å². The van der Waals surface area contributed by atoms with E-state index in [9.17, 15) is 0 Å². The summed E-state index contributed by atoms with van der Waals surface area (Å²) in [7, 11) is 0. The molecule has 0 amide bonds. The summed E-state index contributed by atoms with van der Waals surface area (Å²) >= 11 is 12.5. The highest BCUT2D eigenvalue weighted by molar-refractivity contribution is 6.37. The quantitative estimate of drug-likeness (QED) is 0.894. The molecule has 0 spiro atoms. The smallest absolute Gasteiger partial charge is 0.156 e. The maximum Gasteiger partial charge on any atom is 0.156 e. The largest absolute Gasteiger partial charge is 0.491 e. The van der Waals surface area contributed by atoms with Gasteiger partial charge in [-0.1, -0.05) is 23.2 Å². The van der Waals surface area contributed by atoms with Crippen LogP contribution in [0.3, 0.4) is 0 Å². The van der Waals surface area contributed by atoms with Crippen molar-refractivity contribution in [2.24, 2.45) is 5.92 Å². The molecule has 3 heterocycles. The minimum absolute atomic E-state index is 0.566. The molecule has 1 atom stereocenters. The van der Waals surface area contributed by atoms with E-state index in [2.05, 4.69) is 10.2 Å². The van der Waals surface area contributed by atoms with Crippen LogP contribution in [0.2, 0.25) is 10.0 Å². The number of piperidine rings is 3. The molecule has 3 aliphatic rings.